The maximum atomic E-state index is 5.81. The second-order valence-corrected chi connectivity index (χ2v) is 4.35. The van der Waals surface area contributed by atoms with E-state index in [2.05, 4.69) is 15.3 Å². The Bertz CT molecular complexity index is 380. The molecule has 6 heteroatoms. The van der Waals surface area contributed by atoms with E-state index in [9.17, 15) is 0 Å². The van der Waals surface area contributed by atoms with Gasteiger partial charge in [-0.25, -0.2) is 9.97 Å². The molecule has 100 valence electrons. The third-order valence-corrected chi connectivity index (χ3v) is 3.10. The molecule has 0 aliphatic carbocycles. The molecule has 0 aromatic carbocycles. The summed E-state index contributed by atoms with van der Waals surface area (Å²) in [6, 6.07) is 0. The average Bonchev–Trinajstić information content (AvgIpc) is 2.89. The lowest BCUT2D eigenvalue weighted by Crippen LogP contribution is -2.21. The van der Waals surface area contributed by atoms with Gasteiger partial charge in [-0.1, -0.05) is 0 Å². The highest BCUT2D eigenvalue weighted by Gasteiger charge is 2.15. The molecule has 1 aliphatic heterocycles. The number of rotatable bonds is 6. The molecular weight excluding hydrogens is 232 g/mol. The van der Waals surface area contributed by atoms with E-state index in [1.807, 2.05) is 0 Å². The summed E-state index contributed by atoms with van der Waals surface area (Å²) in [7, 11) is 1.58. The van der Waals surface area contributed by atoms with Crippen LogP contribution in [0.3, 0.4) is 0 Å². The maximum Gasteiger partial charge on any atom is 0.222 e. The fraction of sp³-hybridized carbons (Fsp3) is 0.667. The van der Waals surface area contributed by atoms with E-state index in [1.54, 1.807) is 7.11 Å². The number of ether oxygens (including phenoxy) is 2. The topological polar surface area (TPSA) is 82.3 Å². The monoisotopic (exact) mass is 252 g/mol. The molecule has 1 aromatic heterocycles. The first-order valence-electron chi connectivity index (χ1n) is 6.27. The van der Waals surface area contributed by atoms with E-state index >= 15 is 0 Å². The van der Waals surface area contributed by atoms with Gasteiger partial charge in [0.25, 0.3) is 0 Å². The number of nitrogens with two attached hydrogens (primary N) is 1. The van der Waals surface area contributed by atoms with Crippen molar-refractivity contribution in [2.45, 2.75) is 31.9 Å². The van der Waals surface area contributed by atoms with E-state index in [-0.39, 0.29) is 0 Å². The fourth-order valence-corrected chi connectivity index (χ4v) is 2.10. The van der Waals surface area contributed by atoms with Gasteiger partial charge in [0, 0.05) is 13.2 Å². The molecule has 1 aromatic rings. The van der Waals surface area contributed by atoms with Gasteiger partial charge in [-0.05, 0) is 25.8 Å². The zero-order valence-corrected chi connectivity index (χ0v) is 10.7. The number of hydrogen-bond donors (Lipinski definition) is 2. The van der Waals surface area contributed by atoms with Gasteiger partial charge in [0.2, 0.25) is 5.88 Å². The van der Waals surface area contributed by atoms with Gasteiger partial charge in [-0.3, -0.25) is 0 Å². The van der Waals surface area contributed by atoms with Crippen molar-refractivity contribution in [3.8, 4) is 5.88 Å². The molecule has 1 fully saturated rings. The molecule has 18 heavy (non-hydrogen) atoms. The smallest absolute Gasteiger partial charge is 0.222 e. The Labute approximate surface area is 107 Å². The van der Waals surface area contributed by atoms with E-state index in [0.29, 0.717) is 24.3 Å². The zero-order valence-electron chi connectivity index (χ0n) is 10.7. The molecular formula is C12H20N4O2. The lowest BCUT2D eigenvalue weighted by Gasteiger charge is -2.12. The van der Waals surface area contributed by atoms with Crippen LogP contribution in [0.25, 0.3) is 0 Å². The largest absolute Gasteiger partial charge is 0.481 e. The molecule has 0 radical (unpaired) electrons. The lowest BCUT2D eigenvalue weighted by atomic mass is 10.2. The Hall–Kier alpha value is -1.40. The lowest BCUT2D eigenvalue weighted by molar-refractivity contribution is 0.104. The first kappa shape index (κ1) is 13.0. The van der Waals surface area contributed by atoms with Crippen molar-refractivity contribution in [2.24, 2.45) is 0 Å². The predicted molar refractivity (Wildman–Crippen MR) is 68.3 cm³/mol. The molecule has 6 nitrogen and oxygen atoms in total. The zero-order chi connectivity index (χ0) is 12.8. The van der Waals surface area contributed by atoms with Gasteiger partial charge in [0.05, 0.1) is 18.8 Å². The molecule has 1 aliphatic rings. The second-order valence-electron chi connectivity index (χ2n) is 4.35. The van der Waals surface area contributed by atoms with Crippen molar-refractivity contribution >= 4 is 5.82 Å². The van der Waals surface area contributed by atoms with Crippen LogP contribution in [0.15, 0.2) is 6.33 Å². The highest BCUT2D eigenvalue weighted by molar-refractivity contribution is 5.44. The first-order valence-corrected chi connectivity index (χ1v) is 6.27. The summed E-state index contributed by atoms with van der Waals surface area (Å²) < 4.78 is 10.7. The van der Waals surface area contributed by atoms with Crippen LogP contribution in [0.4, 0.5) is 5.82 Å². The van der Waals surface area contributed by atoms with Crippen molar-refractivity contribution in [1.29, 1.82) is 0 Å². The molecule has 1 saturated heterocycles. The highest BCUT2D eigenvalue weighted by atomic mass is 16.5. The van der Waals surface area contributed by atoms with Crippen LogP contribution in [0.5, 0.6) is 5.88 Å². The Kier molecular flexibility index (Phi) is 4.72. The Balaban J connectivity index is 1.78. The summed E-state index contributed by atoms with van der Waals surface area (Å²) in [5.74, 6) is 0.999. The van der Waals surface area contributed by atoms with Gasteiger partial charge in [0.1, 0.15) is 12.1 Å². The molecule has 3 N–H and O–H groups in total. The van der Waals surface area contributed by atoms with Crippen molar-refractivity contribution in [2.75, 3.05) is 26.0 Å². The van der Waals surface area contributed by atoms with Crippen LogP contribution in [0.2, 0.25) is 0 Å². The molecule has 0 unspecified atom stereocenters. The fourth-order valence-electron chi connectivity index (χ4n) is 2.10. The van der Waals surface area contributed by atoms with Crippen LogP contribution in [-0.4, -0.2) is 36.3 Å². The predicted octanol–water partition coefficient (Wildman–Crippen LogP) is 0.726. The van der Waals surface area contributed by atoms with E-state index in [4.69, 9.17) is 15.2 Å². The van der Waals surface area contributed by atoms with Crippen LogP contribution >= 0.6 is 0 Å². The summed E-state index contributed by atoms with van der Waals surface area (Å²) in [6.07, 6.45) is 5.18. The van der Waals surface area contributed by atoms with Crippen molar-refractivity contribution in [3.63, 3.8) is 0 Å². The first-order chi connectivity index (χ1) is 8.81. The summed E-state index contributed by atoms with van der Waals surface area (Å²) in [5.41, 5.74) is 6.62. The van der Waals surface area contributed by atoms with Crippen molar-refractivity contribution < 1.29 is 9.47 Å². The molecule has 0 amide bonds. The quantitative estimate of drug-likeness (QED) is 0.726. The van der Waals surface area contributed by atoms with Crippen LogP contribution in [0.1, 0.15) is 24.8 Å². The molecule has 0 bridgehead atoms. The van der Waals surface area contributed by atoms with E-state index in [0.717, 1.165) is 25.1 Å². The normalized spacial score (nSPS) is 19.1. The Morgan fingerprint density at radius 1 is 1.56 bits per heavy atom. The Morgan fingerprint density at radius 2 is 2.44 bits per heavy atom. The van der Waals surface area contributed by atoms with Crippen molar-refractivity contribution in [1.82, 2.24) is 15.3 Å². The minimum atomic E-state index is 0.406. The number of nitrogens with zero attached hydrogens (tertiary/aromatic N) is 2. The summed E-state index contributed by atoms with van der Waals surface area (Å²) in [5, 5.41) is 3.32. The number of nitrogen functional groups attached to an aromatic ring is 1. The molecule has 1 atom stereocenters. The number of methoxy groups -OCH3 is 1. The minimum Gasteiger partial charge on any atom is -0.481 e. The molecule has 2 rings (SSSR count). The number of nitrogens with one attached hydrogen (secondary N) is 1. The summed E-state index contributed by atoms with van der Waals surface area (Å²) in [4.78, 5) is 8.00. The SMILES string of the molecule is COc1ncnc(N)c1CNCC[C@@H]1CCCO1. The minimum absolute atomic E-state index is 0.406. The van der Waals surface area contributed by atoms with E-state index < -0.39 is 0 Å². The van der Waals surface area contributed by atoms with Gasteiger partial charge in [-0.15, -0.1) is 0 Å². The maximum absolute atomic E-state index is 5.81. The number of hydrogen-bond acceptors (Lipinski definition) is 6. The van der Waals surface area contributed by atoms with E-state index in [1.165, 1.54) is 19.2 Å². The van der Waals surface area contributed by atoms with Crippen LogP contribution in [0, 0.1) is 0 Å². The third-order valence-electron chi connectivity index (χ3n) is 3.10. The standard InChI is InChI=1S/C12H20N4O2/c1-17-12-10(11(13)15-8-16-12)7-14-5-4-9-3-2-6-18-9/h8-9,14H,2-7H2,1H3,(H2,13,15,16)/t9-/m0/s1. The second kappa shape index (κ2) is 6.51. The molecule has 0 saturated carbocycles. The highest BCUT2D eigenvalue weighted by Crippen LogP contribution is 2.19. The van der Waals surface area contributed by atoms with Gasteiger partial charge in [-0.2, -0.15) is 0 Å². The van der Waals surface area contributed by atoms with Gasteiger partial charge < -0.3 is 20.5 Å². The number of aromatic nitrogens is 2. The molecule has 0 spiro atoms. The average molecular weight is 252 g/mol. The van der Waals surface area contributed by atoms with Gasteiger partial charge >= 0.3 is 0 Å². The number of anilines is 1. The van der Waals surface area contributed by atoms with Crippen LogP contribution in [-0.2, 0) is 11.3 Å². The van der Waals surface area contributed by atoms with Crippen LogP contribution < -0.4 is 15.8 Å². The van der Waals surface area contributed by atoms with Gasteiger partial charge in [0.15, 0.2) is 0 Å². The summed E-state index contributed by atoms with van der Waals surface area (Å²) in [6.45, 7) is 2.41. The molecule has 2 heterocycles. The third kappa shape index (κ3) is 3.30. The Morgan fingerprint density at radius 3 is 3.17 bits per heavy atom. The summed E-state index contributed by atoms with van der Waals surface area (Å²) >= 11 is 0. The van der Waals surface area contributed by atoms with Crippen molar-refractivity contribution in [3.05, 3.63) is 11.9 Å².